The molecule has 0 saturated heterocycles. The summed E-state index contributed by atoms with van der Waals surface area (Å²) in [4.78, 5) is 24.3. The van der Waals surface area contributed by atoms with Crippen LogP contribution in [0.3, 0.4) is 0 Å². The number of nitrogens with zero attached hydrogens (tertiary/aromatic N) is 2. The van der Waals surface area contributed by atoms with E-state index in [1.807, 2.05) is 29.6 Å². The fourth-order valence-electron chi connectivity index (χ4n) is 4.66. The standard InChI is InChI=1S/C31H33FN4O5S/c1-31(2,3)41-30(38)34-12-13-39-14-15-40-25-18-21(32)8-9-22(25)27-28-23(10-16-42-28)26(35-36-27)20-7-6-19-5-4-11-33-29(37)24(19)17-20/h6-10,16-18H,4-5,11-15H2,1-3H3,(H,33,37)(H,34,38). The molecule has 4 aromatic rings. The number of nitrogens with one attached hydrogen (secondary N) is 2. The summed E-state index contributed by atoms with van der Waals surface area (Å²) < 4.78 is 31.8. The van der Waals surface area contributed by atoms with Gasteiger partial charge in [-0.25, -0.2) is 9.18 Å². The van der Waals surface area contributed by atoms with E-state index < -0.39 is 17.5 Å². The van der Waals surface area contributed by atoms with Crippen LogP contribution in [0.15, 0.2) is 47.8 Å². The molecule has 1 aliphatic rings. The van der Waals surface area contributed by atoms with Crippen molar-refractivity contribution in [2.24, 2.45) is 0 Å². The summed E-state index contributed by atoms with van der Waals surface area (Å²) in [5.41, 5.74) is 3.78. The van der Waals surface area contributed by atoms with Crippen molar-refractivity contribution in [1.29, 1.82) is 0 Å². The molecule has 0 spiro atoms. The van der Waals surface area contributed by atoms with Gasteiger partial charge in [-0.2, -0.15) is 0 Å². The van der Waals surface area contributed by atoms with Crippen LogP contribution in [0.1, 0.15) is 43.1 Å². The molecule has 3 heterocycles. The van der Waals surface area contributed by atoms with E-state index >= 15 is 0 Å². The number of amides is 2. The van der Waals surface area contributed by atoms with Crippen molar-refractivity contribution >= 4 is 33.4 Å². The summed E-state index contributed by atoms with van der Waals surface area (Å²) in [7, 11) is 0. The topological polar surface area (TPSA) is 112 Å². The third-order valence-electron chi connectivity index (χ3n) is 6.52. The highest BCUT2D eigenvalue weighted by Gasteiger charge is 2.21. The molecule has 2 N–H and O–H groups in total. The fourth-order valence-corrected chi connectivity index (χ4v) is 5.55. The average Bonchev–Trinajstić information content (AvgIpc) is 3.36. The molecule has 2 amide bonds. The largest absolute Gasteiger partial charge is 0.490 e. The van der Waals surface area contributed by atoms with Crippen LogP contribution in [0.25, 0.3) is 32.6 Å². The number of alkyl carbamates (subject to hydrolysis) is 1. The lowest BCUT2D eigenvalue weighted by Crippen LogP contribution is -2.34. The molecule has 1 aliphatic heterocycles. The van der Waals surface area contributed by atoms with Crippen molar-refractivity contribution in [1.82, 2.24) is 20.8 Å². The molecule has 2 aromatic heterocycles. The fraction of sp³-hybridized carbons (Fsp3) is 0.355. The monoisotopic (exact) mass is 592 g/mol. The highest BCUT2D eigenvalue weighted by atomic mass is 32.1. The molecular weight excluding hydrogens is 559 g/mol. The maximum atomic E-state index is 14.2. The van der Waals surface area contributed by atoms with Crippen molar-refractivity contribution in [2.75, 3.05) is 32.9 Å². The number of aromatic nitrogens is 2. The number of benzene rings is 2. The third kappa shape index (κ3) is 7.03. The Kier molecular flexibility index (Phi) is 8.98. The molecule has 0 unspecified atom stereocenters. The Morgan fingerprint density at radius 3 is 2.71 bits per heavy atom. The van der Waals surface area contributed by atoms with Crippen LogP contribution in [0, 0.1) is 5.82 Å². The normalized spacial score (nSPS) is 13.3. The van der Waals surface area contributed by atoms with E-state index in [1.165, 1.54) is 23.5 Å². The van der Waals surface area contributed by atoms with Gasteiger partial charge in [-0.05, 0) is 68.8 Å². The molecule has 11 heteroatoms. The molecule has 220 valence electrons. The number of hydrogen-bond acceptors (Lipinski definition) is 8. The van der Waals surface area contributed by atoms with E-state index in [-0.39, 0.29) is 32.3 Å². The van der Waals surface area contributed by atoms with Gasteiger partial charge in [0.05, 0.1) is 17.9 Å². The van der Waals surface area contributed by atoms with E-state index in [0.717, 1.165) is 34.1 Å². The van der Waals surface area contributed by atoms with Gasteiger partial charge in [0.25, 0.3) is 5.91 Å². The van der Waals surface area contributed by atoms with Crippen LogP contribution in [0.5, 0.6) is 5.75 Å². The van der Waals surface area contributed by atoms with Crippen LogP contribution in [0.2, 0.25) is 0 Å². The molecule has 42 heavy (non-hydrogen) atoms. The Labute approximate surface area is 247 Å². The number of fused-ring (bicyclic) bond motifs is 2. The summed E-state index contributed by atoms with van der Waals surface area (Å²) >= 11 is 1.51. The molecule has 0 bridgehead atoms. The van der Waals surface area contributed by atoms with E-state index in [0.29, 0.717) is 34.8 Å². The van der Waals surface area contributed by atoms with Gasteiger partial charge in [0.2, 0.25) is 0 Å². The van der Waals surface area contributed by atoms with E-state index in [9.17, 15) is 14.0 Å². The highest BCUT2D eigenvalue weighted by Crippen LogP contribution is 2.39. The number of ether oxygens (including phenoxy) is 3. The van der Waals surface area contributed by atoms with E-state index in [2.05, 4.69) is 20.8 Å². The maximum Gasteiger partial charge on any atom is 0.407 e. The van der Waals surface area contributed by atoms with Gasteiger partial charge in [0, 0.05) is 41.2 Å². The summed E-state index contributed by atoms with van der Waals surface area (Å²) in [6.07, 6.45) is 1.24. The zero-order chi connectivity index (χ0) is 29.7. The first kappa shape index (κ1) is 29.4. The average molecular weight is 593 g/mol. The Hall–Kier alpha value is -4.09. The van der Waals surface area contributed by atoms with Crippen LogP contribution in [-0.2, 0) is 15.9 Å². The van der Waals surface area contributed by atoms with Gasteiger partial charge in [-0.15, -0.1) is 21.5 Å². The number of carbonyl (C=O) groups is 2. The SMILES string of the molecule is CC(C)(C)OC(=O)NCCOCCOc1cc(F)ccc1-c1nnc(-c2ccc3c(c2)C(=O)NCCC3)c2ccsc12. The Balaban J connectivity index is 1.29. The van der Waals surface area contributed by atoms with Gasteiger partial charge < -0.3 is 24.8 Å². The second kappa shape index (κ2) is 12.8. The molecule has 0 saturated carbocycles. The summed E-state index contributed by atoms with van der Waals surface area (Å²) in [5, 5.41) is 17.5. The van der Waals surface area contributed by atoms with Gasteiger partial charge in [-0.1, -0.05) is 12.1 Å². The van der Waals surface area contributed by atoms with Crippen molar-refractivity contribution in [3.8, 4) is 28.3 Å². The molecule has 5 rings (SSSR count). The third-order valence-corrected chi connectivity index (χ3v) is 7.44. The second-order valence-electron chi connectivity index (χ2n) is 10.8. The zero-order valence-electron chi connectivity index (χ0n) is 23.8. The van der Waals surface area contributed by atoms with Gasteiger partial charge >= 0.3 is 6.09 Å². The molecule has 0 fully saturated rings. The first-order chi connectivity index (χ1) is 20.2. The summed E-state index contributed by atoms with van der Waals surface area (Å²) in [5.74, 6) is -0.192. The summed E-state index contributed by atoms with van der Waals surface area (Å²) in [6.45, 7) is 6.99. The zero-order valence-corrected chi connectivity index (χ0v) is 24.6. The summed E-state index contributed by atoms with van der Waals surface area (Å²) in [6, 6.07) is 12.1. The quantitative estimate of drug-likeness (QED) is 0.238. The van der Waals surface area contributed by atoms with Crippen molar-refractivity contribution < 1.29 is 28.2 Å². The Morgan fingerprint density at radius 2 is 1.88 bits per heavy atom. The van der Waals surface area contributed by atoms with Crippen molar-refractivity contribution in [3.63, 3.8) is 0 Å². The Morgan fingerprint density at radius 1 is 1.05 bits per heavy atom. The van der Waals surface area contributed by atoms with Crippen molar-refractivity contribution in [2.45, 2.75) is 39.2 Å². The van der Waals surface area contributed by atoms with Crippen LogP contribution < -0.4 is 15.4 Å². The second-order valence-corrected chi connectivity index (χ2v) is 11.7. The number of thiophene rings is 1. The molecule has 9 nitrogen and oxygen atoms in total. The lowest BCUT2D eigenvalue weighted by Gasteiger charge is -2.19. The predicted octanol–water partition coefficient (Wildman–Crippen LogP) is 5.76. The van der Waals surface area contributed by atoms with Crippen LogP contribution >= 0.6 is 11.3 Å². The van der Waals surface area contributed by atoms with Crippen molar-refractivity contribution in [3.05, 3.63) is 64.8 Å². The van der Waals surface area contributed by atoms with Crippen LogP contribution in [-0.4, -0.2) is 60.7 Å². The van der Waals surface area contributed by atoms with E-state index in [4.69, 9.17) is 14.2 Å². The minimum absolute atomic E-state index is 0.0770. The predicted molar refractivity (Wildman–Crippen MR) is 159 cm³/mol. The molecule has 0 aliphatic carbocycles. The lowest BCUT2D eigenvalue weighted by atomic mass is 9.98. The minimum Gasteiger partial charge on any atom is -0.490 e. The first-order valence-electron chi connectivity index (χ1n) is 13.8. The number of rotatable bonds is 9. The lowest BCUT2D eigenvalue weighted by molar-refractivity contribution is 0.0488. The highest BCUT2D eigenvalue weighted by molar-refractivity contribution is 7.17. The number of aryl methyl sites for hydroxylation is 1. The number of carbonyl (C=O) groups excluding carboxylic acids is 2. The van der Waals surface area contributed by atoms with Gasteiger partial charge in [0.1, 0.15) is 35.2 Å². The first-order valence-corrected chi connectivity index (χ1v) is 14.7. The molecule has 2 aromatic carbocycles. The molecule has 0 atom stereocenters. The smallest absolute Gasteiger partial charge is 0.407 e. The van der Waals surface area contributed by atoms with E-state index in [1.54, 1.807) is 26.8 Å². The molecular formula is C31H33FN4O5S. The molecule has 0 radical (unpaired) electrons. The maximum absolute atomic E-state index is 14.2. The Bertz CT molecular complexity index is 1600. The van der Waals surface area contributed by atoms with Gasteiger partial charge in [0.15, 0.2) is 0 Å². The van der Waals surface area contributed by atoms with Crippen LogP contribution in [0.4, 0.5) is 9.18 Å². The van der Waals surface area contributed by atoms with Gasteiger partial charge in [-0.3, -0.25) is 4.79 Å². The number of halogens is 1. The number of hydrogen-bond donors (Lipinski definition) is 2. The minimum atomic E-state index is -0.570.